The Morgan fingerprint density at radius 3 is 1.55 bits per heavy atom. The van der Waals surface area contributed by atoms with Crippen molar-refractivity contribution in [1.82, 2.24) is 19.9 Å². The van der Waals surface area contributed by atoms with Gasteiger partial charge >= 0.3 is 0 Å². The Labute approximate surface area is 285 Å². The van der Waals surface area contributed by atoms with Crippen molar-refractivity contribution < 1.29 is 0 Å². The van der Waals surface area contributed by atoms with Gasteiger partial charge in [0.15, 0.2) is 17.5 Å². The smallest absolute Gasteiger partial charge is 0.164 e. The number of aromatic nitrogens is 4. The molecule has 1 aliphatic carbocycles. The van der Waals surface area contributed by atoms with E-state index in [1.54, 1.807) is 0 Å². The van der Waals surface area contributed by atoms with E-state index in [2.05, 4.69) is 109 Å². The van der Waals surface area contributed by atoms with Crippen molar-refractivity contribution in [2.45, 2.75) is 5.41 Å². The fraction of sp³-hybridized carbons (Fsp3) is 0.0222. The Morgan fingerprint density at radius 2 is 0.878 bits per heavy atom. The monoisotopic (exact) mass is 626 g/mol. The Hall–Kier alpha value is -6.52. The number of pyridine rings is 1. The third-order valence-corrected chi connectivity index (χ3v) is 9.45. The van der Waals surface area contributed by atoms with E-state index in [1.807, 2.05) is 72.9 Å². The maximum atomic E-state index is 4.98. The molecule has 1 aliphatic rings. The topological polar surface area (TPSA) is 51.6 Å². The van der Waals surface area contributed by atoms with Crippen molar-refractivity contribution in [1.29, 1.82) is 0 Å². The summed E-state index contributed by atoms with van der Waals surface area (Å²) in [5.74, 6) is 1.94. The van der Waals surface area contributed by atoms with Crippen LogP contribution in [-0.2, 0) is 5.41 Å². The first kappa shape index (κ1) is 28.7. The molecule has 0 N–H and O–H groups in total. The molecule has 6 aromatic carbocycles. The van der Waals surface area contributed by atoms with Gasteiger partial charge in [-0.1, -0.05) is 152 Å². The lowest BCUT2D eigenvalue weighted by atomic mass is 9.70. The molecule has 4 heteroatoms. The van der Waals surface area contributed by atoms with E-state index in [9.17, 15) is 0 Å². The van der Waals surface area contributed by atoms with E-state index in [0.29, 0.717) is 17.5 Å². The molecule has 4 nitrogen and oxygen atoms in total. The van der Waals surface area contributed by atoms with Crippen LogP contribution in [0.25, 0.3) is 56.4 Å². The fourth-order valence-corrected chi connectivity index (χ4v) is 7.25. The maximum Gasteiger partial charge on any atom is 0.164 e. The first-order chi connectivity index (χ1) is 24.3. The largest absolute Gasteiger partial charge is 0.260 e. The minimum Gasteiger partial charge on any atom is -0.260 e. The van der Waals surface area contributed by atoms with E-state index in [4.69, 9.17) is 19.9 Å². The predicted molar refractivity (Wildman–Crippen MR) is 197 cm³/mol. The number of hydrogen-bond donors (Lipinski definition) is 0. The van der Waals surface area contributed by atoms with Crippen molar-refractivity contribution >= 4 is 0 Å². The summed E-state index contributed by atoms with van der Waals surface area (Å²) >= 11 is 0. The first-order valence-electron chi connectivity index (χ1n) is 16.5. The molecule has 2 heterocycles. The van der Waals surface area contributed by atoms with Crippen LogP contribution in [0.15, 0.2) is 182 Å². The lowest BCUT2D eigenvalue weighted by Gasteiger charge is -2.32. The van der Waals surface area contributed by atoms with Gasteiger partial charge in [0.05, 0.1) is 11.1 Å². The van der Waals surface area contributed by atoms with Crippen LogP contribution in [0.1, 0.15) is 22.4 Å². The third kappa shape index (κ3) is 4.85. The van der Waals surface area contributed by atoms with Crippen molar-refractivity contribution in [3.63, 3.8) is 0 Å². The average Bonchev–Trinajstić information content (AvgIpc) is 3.49. The molecule has 1 atom stereocenters. The summed E-state index contributed by atoms with van der Waals surface area (Å²) in [5, 5.41) is 0. The van der Waals surface area contributed by atoms with Crippen molar-refractivity contribution in [2.24, 2.45) is 0 Å². The van der Waals surface area contributed by atoms with Crippen LogP contribution in [-0.4, -0.2) is 19.9 Å². The average molecular weight is 627 g/mol. The second-order valence-electron chi connectivity index (χ2n) is 12.3. The van der Waals surface area contributed by atoms with Gasteiger partial charge in [-0.15, -0.1) is 0 Å². The van der Waals surface area contributed by atoms with Gasteiger partial charge in [-0.25, -0.2) is 15.0 Å². The van der Waals surface area contributed by atoms with Crippen LogP contribution in [0, 0.1) is 0 Å². The van der Waals surface area contributed by atoms with E-state index < -0.39 is 5.41 Å². The van der Waals surface area contributed by atoms with Gasteiger partial charge in [-0.3, -0.25) is 4.98 Å². The van der Waals surface area contributed by atoms with E-state index >= 15 is 0 Å². The number of nitrogens with zero attached hydrogens (tertiary/aromatic N) is 4. The van der Waals surface area contributed by atoms with Crippen LogP contribution in [0.5, 0.6) is 0 Å². The summed E-state index contributed by atoms with van der Waals surface area (Å²) in [5.41, 5.74) is 11.7. The Bertz CT molecular complexity index is 2330. The molecule has 49 heavy (non-hydrogen) atoms. The molecule has 1 unspecified atom stereocenters. The van der Waals surface area contributed by atoms with E-state index in [-0.39, 0.29) is 0 Å². The second-order valence-corrected chi connectivity index (χ2v) is 12.3. The fourth-order valence-electron chi connectivity index (χ4n) is 7.25. The van der Waals surface area contributed by atoms with Gasteiger partial charge < -0.3 is 0 Å². The molecule has 0 saturated carbocycles. The number of hydrogen-bond acceptors (Lipinski definition) is 4. The highest BCUT2D eigenvalue weighted by Gasteiger charge is 2.47. The maximum absolute atomic E-state index is 4.98. The zero-order valence-electron chi connectivity index (χ0n) is 26.6. The standard InChI is InChI=1S/C45H30N4/c1-4-15-31(16-5-1)42-47-43(32-17-6-2-7-18-32)49-44(48-42)35-20-14-19-33(29-35)34-26-27-40-38(30-34)37-23-10-11-24-39(37)45(40,36-21-8-3-9-22-36)41-25-12-13-28-46-41/h1-30H. The van der Waals surface area contributed by atoms with Crippen molar-refractivity contribution in [2.75, 3.05) is 0 Å². The first-order valence-corrected chi connectivity index (χ1v) is 16.5. The Kier molecular flexibility index (Phi) is 6.98. The lowest BCUT2D eigenvalue weighted by molar-refractivity contribution is 0.735. The van der Waals surface area contributed by atoms with Gasteiger partial charge in [0.2, 0.25) is 0 Å². The van der Waals surface area contributed by atoms with Gasteiger partial charge in [0.1, 0.15) is 0 Å². The van der Waals surface area contributed by atoms with Crippen LogP contribution in [0.4, 0.5) is 0 Å². The normalized spacial score (nSPS) is 14.6. The molecular formula is C45H30N4. The lowest BCUT2D eigenvalue weighted by Crippen LogP contribution is -2.29. The molecule has 0 fully saturated rings. The molecule has 0 bridgehead atoms. The quantitative estimate of drug-likeness (QED) is 0.184. The molecular weight excluding hydrogens is 597 g/mol. The van der Waals surface area contributed by atoms with Crippen LogP contribution >= 0.6 is 0 Å². The van der Waals surface area contributed by atoms with Gasteiger partial charge in [-0.05, 0) is 63.2 Å². The minimum atomic E-state index is -0.526. The molecule has 9 rings (SSSR count). The Morgan fingerprint density at radius 1 is 0.347 bits per heavy atom. The highest BCUT2D eigenvalue weighted by Crippen LogP contribution is 2.56. The zero-order valence-corrected chi connectivity index (χ0v) is 26.6. The van der Waals surface area contributed by atoms with Crippen LogP contribution in [0.2, 0.25) is 0 Å². The molecule has 0 spiro atoms. The molecule has 0 aliphatic heterocycles. The molecule has 2 aromatic heterocycles. The summed E-state index contributed by atoms with van der Waals surface area (Å²) in [6.07, 6.45) is 1.90. The minimum absolute atomic E-state index is 0.526. The highest BCUT2D eigenvalue weighted by molar-refractivity contribution is 5.89. The molecule has 0 saturated heterocycles. The summed E-state index contributed by atoms with van der Waals surface area (Å²) < 4.78 is 0. The molecule has 0 amide bonds. The predicted octanol–water partition coefficient (Wildman–Crippen LogP) is 10.3. The van der Waals surface area contributed by atoms with Gasteiger partial charge in [-0.2, -0.15) is 0 Å². The summed E-state index contributed by atoms with van der Waals surface area (Å²) in [6.45, 7) is 0. The summed E-state index contributed by atoms with van der Waals surface area (Å²) in [6, 6.07) is 61.3. The van der Waals surface area contributed by atoms with Crippen molar-refractivity contribution in [3.05, 3.63) is 205 Å². The SMILES string of the molecule is c1ccc(-c2nc(-c3ccccc3)nc(-c3cccc(-c4ccc5c(c4)-c4ccccc4C5(c4ccccc4)c4ccccn4)c3)n2)cc1. The highest BCUT2D eigenvalue weighted by atomic mass is 15.0. The van der Waals surface area contributed by atoms with Crippen molar-refractivity contribution in [3.8, 4) is 56.4 Å². The number of benzene rings is 6. The van der Waals surface area contributed by atoms with Crippen LogP contribution in [0.3, 0.4) is 0 Å². The molecule has 8 aromatic rings. The summed E-state index contributed by atoms with van der Waals surface area (Å²) in [7, 11) is 0. The molecule has 0 radical (unpaired) electrons. The third-order valence-electron chi connectivity index (χ3n) is 9.45. The zero-order chi connectivity index (χ0) is 32.6. The Balaban J connectivity index is 1.20. The van der Waals surface area contributed by atoms with Gasteiger partial charge in [0.25, 0.3) is 0 Å². The number of fused-ring (bicyclic) bond motifs is 3. The van der Waals surface area contributed by atoms with E-state index in [0.717, 1.165) is 33.5 Å². The molecule has 230 valence electrons. The number of rotatable bonds is 6. The second kappa shape index (κ2) is 11.9. The van der Waals surface area contributed by atoms with Crippen LogP contribution < -0.4 is 0 Å². The summed E-state index contributed by atoms with van der Waals surface area (Å²) in [4.78, 5) is 19.8. The van der Waals surface area contributed by atoms with Gasteiger partial charge in [0, 0.05) is 22.9 Å². The van der Waals surface area contributed by atoms with E-state index in [1.165, 1.54) is 27.8 Å².